The first kappa shape index (κ1) is 20.6. The Morgan fingerprint density at radius 1 is 1.00 bits per heavy atom. The Morgan fingerprint density at radius 3 is 2.35 bits per heavy atom. The van der Waals surface area contributed by atoms with Gasteiger partial charge in [0.05, 0.1) is 11.4 Å². The lowest BCUT2D eigenvalue weighted by molar-refractivity contribution is -0.122. The average molecular weight is 415 g/mol. The molecule has 0 aliphatic rings. The summed E-state index contributed by atoms with van der Waals surface area (Å²) in [7, 11) is 0. The van der Waals surface area contributed by atoms with Crippen molar-refractivity contribution in [2.45, 2.75) is 40.7 Å². The first-order chi connectivity index (χ1) is 14.8. The molecule has 1 N–H and O–H groups in total. The molecule has 0 spiro atoms. The number of fused-ring (bicyclic) bond motifs is 1. The maximum absolute atomic E-state index is 12.7. The fourth-order valence-corrected chi connectivity index (χ4v) is 3.81. The molecule has 4 rings (SSSR count). The Kier molecular flexibility index (Phi) is 5.46. The molecule has 0 bridgehead atoms. The van der Waals surface area contributed by atoms with Crippen LogP contribution in [0, 0.1) is 27.7 Å². The molecule has 0 aliphatic heterocycles. The van der Waals surface area contributed by atoms with Crippen LogP contribution < -0.4 is 10.1 Å². The van der Waals surface area contributed by atoms with Crippen LogP contribution in [0.3, 0.4) is 0 Å². The number of nitrogens with zero attached hydrogens (tertiary/aromatic N) is 3. The zero-order chi connectivity index (χ0) is 22.1. The minimum atomic E-state index is -0.709. The molecule has 4 aromatic rings. The van der Waals surface area contributed by atoms with Crippen molar-refractivity contribution in [2.75, 3.05) is 5.32 Å². The first-order valence-electron chi connectivity index (χ1n) is 10.3. The predicted octanol–water partition coefficient (Wildman–Crippen LogP) is 5.06. The molecule has 2 heterocycles. The van der Waals surface area contributed by atoms with Gasteiger partial charge in [-0.25, -0.2) is 4.68 Å². The van der Waals surface area contributed by atoms with Gasteiger partial charge in [-0.05, 0) is 75.6 Å². The number of nitrogens with one attached hydrogen (secondary N) is 1. The molecule has 2 aromatic carbocycles. The third-order valence-electron chi connectivity index (χ3n) is 5.14. The number of carbonyl (C=O) groups is 1. The molecule has 158 valence electrons. The summed E-state index contributed by atoms with van der Waals surface area (Å²) in [4.78, 5) is 17.4. The van der Waals surface area contributed by atoms with Crippen LogP contribution in [0.5, 0.6) is 5.88 Å². The lowest BCUT2D eigenvalue weighted by Crippen LogP contribution is -2.30. The van der Waals surface area contributed by atoms with E-state index in [0.29, 0.717) is 11.5 Å². The van der Waals surface area contributed by atoms with Crippen molar-refractivity contribution in [2.24, 2.45) is 0 Å². The second-order valence-electron chi connectivity index (χ2n) is 7.93. The summed E-state index contributed by atoms with van der Waals surface area (Å²) in [6, 6.07) is 17.6. The lowest BCUT2D eigenvalue weighted by Gasteiger charge is -2.15. The number of para-hydroxylation sites is 1. The SMILES string of the molecule is Cc1cc(C)cc(NC(=O)[C@H](C)Oc2cc(C)c3c(C)nn(-c4ccccc4)c3n2)c1. The molecule has 6 nitrogen and oxygen atoms in total. The number of anilines is 1. The second kappa shape index (κ2) is 8.22. The van der Waals surface area contributed by atoms with E-state index in [1.807, 2.05) is 80.9 Å². The molecule has 0 aliphatic carbocycles. The van der Waals surface area contributed by atoms with Gasteiger partial charge in [-0.2, -0.15) is 10.1 Å². The summed E-state index contributed by atoms with van der Waals surface area (Å²) in [5.74, 6) is 0.169. The van der Waals surface area contributed by atoms with Gasteiger partial charge in [0, 0.05) is 17.1 Å². The Balaban J connectivity index is 1.61. The predicted molar refractivity (Wildman–Crippen MR) is 123 cm³/mol. The summed E-state index contributed by atoms with van der Waals surface area (Å²) >= 11 is 0. The van der Waals surface area contributed by atoms with Crippen molar-refractivity contribution in [1.82, 2.24) is 14.8 Å². The van der Waals surface area contributed by atoms with Crippen molar-refractivity contribution in [3.8, 4) is 11.6 Å². The minimum Gasteiger partial charge on any atom is -0.464 e. The van der Waals surface area contributed by atoms with Crippen LogP contribution in [0.25, 0.3) is 16.7 Å². The van der Waals surface area contributed by atoms with E-state index < -0.39 is 6.10 Å². The van der Waals surface area contributed by atoms with E-state index in [4.69, 9.17) is 4.74 Å². The fourth-order valence-electron chi connectivity index (χ4n) is 3.81. The molecule has 6 heteroatoms. The highest BCUT2D eigenvalue weighted by atomic mass is 16.5. The average Bonchev–Trinajstić information content (AvgIpc) is 3.04. The fraction of sp³-hybridized carbons (Fsp3) is 0.240. The normalized spacial score (nSPS) is 12.0. The number of hydrogen-bond acceptors (Lipinski definition) is 4. The topological polar surface area (TPSA) is 69.0 Å². The van der Waals surface area contributed by atoms with Crippen molar-refractivity contribution < 1.29 is 9.53 Å². The van der Waals surface area contributed by atoms with E-state index in [2.05, 4.69) is 21.5 Å². The molecule has 2 aromatic heterocycles. The summed E-state index contributed by atoms with van der Waals surface area (Å²) < 4.78 is 7.74. The van der Waals surface area contributed by atoms with Crippen molar-refractivity contribution in [1.29, 1.82) is 0 Å². The number of aromatic nitrogens is 3. The smallest absolute Gasteiger partial charge is 0.265 e. The summed E-state index contributed by atoms with van der Waals surface area (Å²) in [5, 5.41) is 8.58. The van der Waals surface area contributed by atoms with E-state index in [1.165, 1.54) is 0 Å². The van der Waals surface area contributed by atoms with Gasteiger partial charge in [-0.3, -0.25) is 4.79 Å². The number of hydrogen-bond donors (Lipinski definition) is 1. The number of benzene rings is 2. The zero-order valence-electron chi connectivity index (χ0n) is 18.4. The summed E-state index contributed by atoms with van der Waals surface area (Å²) in [5.41, 5.74) is 6.48. The molecule has 1 amide bonds. The number of rotatable bonds is 5. The van der Waals surface area contributed by atoms with Crippen LogP contribution in [-0.2, 0) is 4.79 Å². The maximum atomic E-state index is 12.7. The van der Waals surface area contributed by atoms with Gasteiger partial charge in [-0.15, -0.1) is 0 Å². The van der Waals surface area contributed by atoms with Crippen LogP contribution in [0.1, 0.15) is 29.3 Å². The molecule has 0 fully saturated rings. The monoisotopic (exact) mass is 414 g/mol. The third-order valence-corrected chi connectivity index (χ3v) is 5.14. The molecule has 31 heavy (non-hydrogen) atoms. The van der Waals surface area contributed by atoms with Crippen LogP contribution in [0.15, 0.2) is 54.6 Å². The van der Waals surface area contributed by atoms with Crippen LogP contribution >= 0.6 is 0 Å². The van der Waals surface area contributed by atoms with Gasteiger partial charge in [0.2, 0.25) is 5.88 Å². The zero-order valence-corrected chi connectivity index (χ0v) is 18.4. The molecule has 1 atom stereocenters. The van der Waals surface area contributed by atoms with Crippen LogP contribution in [0.2, 0.25) is 0 Å². The van der Waals surface area contributed by atoms with Crippen molar-refractivity contribution >= 4 is 22.6 Å². The molecular formula is C25H26N4O2. The second-order valence-corrected chi connectivity index (χ2v) is 7.93. The minimum absolute atomic E-state index is 0.225. The van der Waals surface area contributed by atoms with Gasteiger partial charge in [0.1, 0.15) is 0 Å². The Morgan fingerprint density at radius 2 is 1.68 bits per heavy atom. The van der Waals surface area contributed by atoms with Crippen molar-refractivity contribution in [3.63, 3.8) is 0 Å². The number of carbonyl (C=O) groups excluding carboxylic acids is 1. The highest BCUT2D eigenvalue weighted by molar-refractivity contribution is 5.94. The van der Waals surface area contributed by atoms with Gasteiger partial charge < -0.3 is 10.1 Å². The molecular weight excluding hydrogens is 388 g/mol. The molecule has 0 radical (unpaired) electrons. The Labute approximate surface area is 181 Å². The number of pyridine rings is 1. The van der Waals surface area contributed by atoms with Crippen LogP contribution in [0.4, 0.5) is 5.69 Å². The standard InChI is InChI=1S/C25H26N4O2/c1-15-11-16(2)13-20(12-15)26-25(30)19(5)31-22-14-17(3)23-18(4)28-29(24(23)27-22)21-9-7-6-8-10-21/h6-14,19H,1-5H3,(H,26,30)/t19-/m0/s1. The highest BCUT2D eigenvalue weighted by Gasteiger charge is 2.19. The quantitative estimate of drug-likeness (QED) is 0.496. The van der Waals surface area contributed by atoms with Crippen LogP contribution in [-0.4, -0.2) is 26.8 Å². The molecule has 0 saturated carbocycles. The van der Waals surface area contributed by atoms with E-state index in [0.717, 1.165) is 39.1 Å². The summed E-state index contributed by atoms with van der Waals surface area (Å²) in [6.45, 7) is 9.70. The maximum Gasteiger partial charge on any atom is 0.265 e. The number of ether oxygens (including phenoxy) is 1. The van der Waals surface area contributed by atoms with Gasteiger partial charge in [0.25, 0.3) is 5.91 Å². The van der Waals surface area contributed by atoms with Gasteiger partial charge >= 0.3 is 0 Å². The third kappa shape index (κ3) is 4.28. The number of amides is 1. The largest absolute Gasteiger partial charge is 0.464 e. The number of aryl methyl sites for hydroxylation is 4. The van der Waals surface area contributed by atoms with E-state index in [1.54, 1.807) is 6.92 Å². The molecule has 0 saturated heterocycles. The summed E-state index contributed by atoms with van der Waals surface area (Å²) in [6.07, 6.45) is -0.709. The van der Waals surface area contributed by atoms with E-state index in [-0.39, 0.29) is 5.91 Å². The van der Waals surface area contributed by atoms with E-state index in [9.17, 15) is 4.79 Å². The Bertz CT molecular complexity index is 1240. The van der Waals surface area contributed by atoms with E-state index >= 15 is 0 Å². The van der Waals surface area contributed by atoms with Crippen molar-refractivity contribution in [3.05, 3.63) is 77.0 Å². The van der Waals surface area contributed by atoms with Gasteiger partial charge in [-0.1, -0.05) is 24.3 Å². The Hall–Kier alpha value is -3.67. The lowest BCUT2D eigenvalue weighted by atomic mass is 10.1. The highest BCUT2D eigenvalue weighted by Crippen LogP contribution is 2.27. The van der Waals surface area contributed by atoms with Gasteiger partial charge in [0.15, 0.2) is 11.8 Å². The molecule has 0 unspecified atom stereocenters. The first-order valence-corrected chi connectivity index (χ1v) is 10.3.